The molecule has 0 saturated heterocycles. The van der Waals surface area contributed by atoms with E-state index in [4.69, 9.17) is 0 Å². The van der Waals surface area contributed by atoms with Crippen LogP contribution in [0.1, 0.15) is 31.9 Å². The van der Waals surface area contributed by atoms with Gasteiger partial charge in [-0.25, -0.2) is 0 Å². The third-order valence-electron chi connectivity index (χ3n) is 2.83. The van der Waals surface area contributed by atoms with E-state index >= 15 is 0 Å². The van der Waals surface area contributed by atoms with Crippen LogP contribution in [0, 0.1) is 5.92 Å². The molecule has 0 bridgehead atoms. The Hall–Kier alpha value is -1.84. The molecule has 0 aromatic heterocycles. The molecule has 0 aliphatic carbocycles. The highest BCUT2D eigenvalue weighted by Gasteiger charge is 2.05. The minimum atomic E-state index is 0.0231. The molecule has 0 fully saturated rings. The Labute approximate surface area is 121 Å². The van der Waals surface area contributed by atoms with Crippen molar-refractivity contribution in [1.82, 2.24) is 10.6 Å². The van der Waals surface area contributed by atoms with Crippen LogP contribution in [-0.2, 0) is 22.4 Å². The summed E-state index contributed by atoms with van der Waals surface area (Å²) < 4.78 is 0. The largest absolute Gasteiger partial charge is 0.356 e. The molecule has 0 radical (unpaired) electrons. The summed E-state index contributed by atoms with van der Waals surface area (Å²) in [6.45, 7) is 7.38. The molecular weight excluding hydrogens is 252 g/mol. The van der Waals surface area contributed by atoms with Gasteiger partial charge in [0, 0.05) is 13.1 Å². The van der Waals surface area contributed by atoms with Gasteiger partial charge < -0.3 is 10.6 Å². The van der Waals surface area contributed by atoms with E-state index in [2.05, 4.69) is 24.5 Å². The fourth-order valence-corrected chi connectivity index (χ4v) is 1.79. The number of carbonyl (C=O) groups is 2. The molecule has 0 atom stereocenters. The third-order valence-corrected chi connectivity index (χ3v) is 2.83. The molecule has 0 unspecified atom stereocenters. The van der Waals surface area contributed by atoms with Crippen molar-refractivity contribution in [3.63, 3.8) is 0 Å². The van der Waals surface area contributed by atoms with Crippen LogP contribution in [0.25, 0.3) is 0 Å². The second kappa shape index (κ2) is 8.35. The van der Waals surface area contributed by atoms with E-state index in [9.17, 15) is 9.59 Å². The summed E-state index contributed by atoms with van der Waals surface area (Å²) in [5.74, 6) is 0.517. The van der Waals surface area contributed by atoms with E-state index in [-0.39, 0.29) is 11.8 Å². The van der Waals surface area contributed by atoms with Crippen LogP contribution in [0.2, 0.25) is 0 Å². The number of nitrogens with one attached hydrogen (secondary N) is 2. The molecule has 1 rings (SSSR count). The van der Waals surface area contributed by atoms with Gasteiger partial charge in [-0.15, -0.1) is 0 Å². The molecule has 110 valence electrons. The first-order valence-corrected chi connectivity index (χ1v) is 7.12. The zero-order valence-corrected chi connectivity index (χ0v) is 12.5. The summed E-state index contributed by atoms with van der Waals surface area (Å²) in [5, 5.41) is 5.66. The van der Waals surface area contributed by atoms with E-state index in [1.807, 2.05) is 31.2 Å². The van der Waals surface area contributed by atoms with Crippen molar-refractivity contribution < 1.29 is 9.59 Å². The lowest BCUT2D eigenvalue weighted by atomic mass is 10.1. The number of hydrogen-bond acceptors (Lipinski definition) is 2. The predicted octanol–water partition coefficient (Wildman–Crippen LogP) is 1.68. The Bertz CT molecular complexity index is 438. The Kier molecular flexibility index (Phi) is 6.77. The van der Waals surface area contributed by atoms with Gasteiger partial charge in [0.25, 0.3) is 0 Å². The molecule has 0 aliphatic rings. The highest BCUT2D eigenvalue weighted by molar-refractivity contribution is 5.79. The summed E-state index contributed by atoms with van der Waals surface area (Å²) >= 11 is 0. The second-order valence-corrected chi connectivity index (χ2v) is 5.32. The first kappa shape index (κ1) is 16.2. The van der Waals surface area contributed by atoms with Crippen LogP contribution < -0.4 is 10.6 Å². The molecule has 0 spiro atoms. The van der Waals surface area contributed by atoms with E-state index in [0.717, 1.165) is 11.1 Å². The topological polar surface area (TPSA) is 58.2 Å². The predicted molar refractivity (Wildman–Crippen MR) is 80.4 cm³/mol. The average Bonchev–Trinajstić information content (AvgIpc) is 2.39. The molecular formula is C16H24N2O2. The second-order valence-electron chi connectivity index (χ2n) is 5.32. The molecule has 1 aromatic carbocycles. The number of rotatable bonds is 7. The van der Waals surface area contributed by atoms with Gasteiger partial charge in [-0.1, -0.05) is 38.1 Å². The van der Waals surface area contributed by atoms with Crippen LogP contribution in [0.5, 0.6) is 0 Å². The normalized spacial score (nSPS) is 10.4. The SMILES string of the molecule is CCNC(=O)Cc1ccc(CC(=O)NCC(C)C)cc1. The van der Waals surface area contributed by atoms with Crippen molar-refractivity contribution in [2.24, 2.45) is 5.92 Å². The smallest absolute Gasteiger partial charge is 0.224 e. The average molecular weight is 276 g/mol. The lowest BCUT2D eigenvalue weighted by Gasteiger charge is -2.08. The molecule has 2 amide bonds. The number of hydrogen-bond donors (Lipinski definition) is 2. The summed E-state index contributed by atoms with van der Waals surface area (Å²) in [6, 6.07) is 7.62. The van der Waals surface area contributed by atoms with Gasteiger partial charge in [0.05, 0.1) is 12.8 Å². The van der Waals surface area contributed by atoms with Crippen LogP contribution >= 0.6 is 0 Å². The Morgan fingerprint density at radius 2 is 1.40 bits per heavy atom. The van der Waals surface area contributed by atoms with Gasteiger partial charge in [-0.3, -0.25) is 9.59 Å². The zero-order valence-electron chi connectivity index (χ0n) is 12.5. The van der Waals surface area contributed by atoms with Crippen molar-refractivity contribution in [3.8, 4) is 0 Å². The maximum absolute atomic E-state index is 11.7. The van der Waals surface area contributed by atoms with Gasteiger partial charge in [0.1, 0.15) is 0 Å². The van der Waals surface area contributed by atoms with E-state index in [1.165, 1.54) is 0 Å². The minimum absolute atomic E-state index is 0.0231. The van der Waals surface area contributed by atoms with Crippen molar-refractivity contribution in [1.29, 1.82) is 0 Å². The number of carbonyl (C=O) groups excluding carboxylic acids is 2. The number of likely N-dealkylation sites (N-methyl/N-ethyl adjacent to an activating group) is 1. The van der Waals surface area contributed by atoms with Gasteiger partial charge in [0.15, 0.2) is 0 Å². The summed E-state index contributed by atoms with van der Waals surface area (Å²) in [6.07, 6.45) is 0.766. The molecule has 4 heteroatoms. The standard InChI is InChI=1S/C16H24N2O2/c1-4-17-15(19)9-13-5-7-14(8-6-13)10-16(20)18-11-12(2)3/h5-8,12H,4,9-11H2,1-3H3,(H,17,19)(H,18,20). The van der Waals surface area contributed by atoms with E-state index in [0.29, 0.717) is 31.8 Å². The van der Waals surface area contributed by atoms with E-state index < -0.39 is 0 Å². The Balaban J connectivity index is 2.46. The first-order valence-electron chi connectivity index (χ1n) is 7.12. The molecule has 0 saturated carbocycles. The number of benzene rings is 1. The van der Waals surface area contributed by atoms with Crippen LogP contribution in [0.15, 0.2) is 24.3 Å². The number of amides is 2. The van der Waals surface area contributed by atoms with Crippen LogP contribution in [0.4, 0.5) is 0 Å². The minimum Gasteiger partial charge on any atom is -0.356 e. The highest BCUT2D eigenvalue weighted by atomic mass is 16.2. The fourth-order valence-electron chi connectivity index (χ4n) is 1.79. The third kappa shape index (κ3) is 6.36. The molecule has 20 heavy (non-hydrogen) atoms. The molecule has 1 aromatic rings. The zero-order chi connectivity index (χ0) is 15.0. The quantitative estimate of drug-likeness (QED) is 0.796. The summed E-state index contributed by atoms with van der Waals surface area (Å²) in [7, 11) is 0. The summed E-state index contributed by atoms with van der Waals surface area (Å²) in [5.41, 5.74) is 1.92. The Morgan fingerprint density at radius 1 is 0.950 bits per heavy atom. The lowest BCUT2D eigenvalue weighted by Crippen LogP contribution is -2.28. The van der Waals surface area contributed by atoms with Crippen molar-refractivity contribution in [2.45, 2.75) is 33.6 Å². The first-order chi connectivity index (χ1) is 9.51. The van der Waals surface area contributed by atoms with Gasteiger partial charge in [-0.2, -0.15) is 0 Å². The molecule has 2 N–H and O–H groups in total. The van der Waals surface area contributed by atoms with Gasteiger partial charge in [-0.05, 0) is 24.0 Å². The maximum Gasteiger partial charge on any atom is 0.224 e. The van der Waals surface area contributed by atoms with Crippen molar-refractivity contribution in [3.05, 3.63) is 35.4 Å². The molecule has 0 aliphatic heterocycles. The maximum atomic E-state index is 11.7. The van der Waals surface area contributed by atoms with Crippen molar-refractivity contribution >= 4 is 11.8 Å². The Morgan fingerprint density at radius 3 is 1.80 bits per heavy atom. The monoisotopic (exact) mass is 276 g/mol. The lowest BCUT2D eigenvalue weighted by molar-refractivity contribution is -0.121. The fraction of sp³-hybridized carbons (Fsp3) is 0.500. The van der Waals surface area contributed by atoms with Gasteiger partial charge in [0.2, 0.25) is 11.8 Å². The van der Waals surface area contributed by atoms with Gasteiger partial charge >= 0.3 is 0 Å². The van der Waals surface area contributed by atoms with Crippen molar-refractivity contribution in [2.75, 3.05) is 13.1 Å². The van der Waals surface area contributed by atoms with Crippen LogP contribution in [-0.4, -0.2) is 24.9 Å². The van der Waals surface area contributed by atoms with Crippen LogP contribution in [0.3, 0.4) is 0 Å². The van der Waals surface area contributed by atoms with E-state index in [1.54, 1.807) is 0 Å². The molecule has 4 nitrogen and oxygen atoms in total. The highest BCUT2D eigenvalue weighted by Crippen LogP contribution is 2.06. The summed E-state index contributed by atoms with van der Waals surface area (Å²) in [4.78, 5) is 23.1. The molecule has 0 heterocycles.